The van der Waals surface area contributed by atoms with Crippen molar-refractivity contribution < 1.29 is 0 Å². The van der Waals surface area contributed by atoms with Gasteiger partial charge >= 0.3 is 0 Å². The van der Waals surface area contributed by atoms with Crippen molar-refractivity contribution in [3.8, 4) is 0 Å². The van der Waals surface area contributed by atoms with E-state index in [0.717, 1.165) is 18.3 Å². The smallest absolute Gasteiger partial charge is 0.00975 e. The van der Waals surface area contributed by atoms with Crippen molar-refractivity contribution >= 4 is 0 Å². The van der Waals surface area contributed by atoms with Gasteiger partial charge < -0.3 is 0 Å². The van der Waals surface area contributed by atoms with Crippen molar-refractivity contribution in [1.29, 1.82) is 0 Å². The molecule has 1 saturated carbocycles. The molecular weight excluding hydrogens is 288 g/mol. The molecule has 0 nitrogen and oxygen atoms in total. The van der Waals surface area contributed by atoms with Crippen LogP contribution in [-0.4, -0.2) is 0 Å². The van der Waals surface area contributed by atoms with Crippen molar-refractivity contribution in [2.45, 2.75) is 90.9 Å². The number of benzene rings is 1. The minimum Gasteiger partial charge on any atom is -0.0879 e. The largest absolute Gasteiger partial charge is 0.0879 e. The van der Waals surface area contributed by atoms with E-state index in [1.807, 2.05) is 0 Å². The molecule has 2 rings (SSSR count). The summed E-state index contributed by atoms with van der Waals surface area (Å²) >= 11 is 0. The fraction of sp³-hybridized carbons (Fsp3) is 0.667. The van der Waals surface area contributed by atoms with Crippen molar-refractivity contribution in [1.82, 2.24) is 0 Å². The van der Waals surface area contributed by atoms with Crippen molar-refractivity contribution in [2.75, 3.05) is 0 Å². The van der Waals surface area contributed by atoms with Crippen LogP contribution in [0.25, 0.3) is 0 Å². The predicted octanol–water partition coefficient (Wildman–Crippen LogP) is 7.51. The van der Waals surface area contributed by atoms with Crippen molar-refractivity contribution in [3.63, 3.8) is 0 Å². The van der Waals surface area contributed by atoms with Gasteiger partial charge in [-0.3, -0.25) is 0 Å². The molecule has 134 valence electrons. The number of allylic oxidation sites excluding steroid dienone is 2. The lowest BCUT2D eigenvalue weighted by Gasteiger charge is -2.27. The molecule has 1 aromatic rings. The molecule has 0 amide bonds. The average molecular weight is 327 g/mol. The molecular formula is C24H38. The predicted molar refractivity (Wildman–Crippen MR) is 107 cm³/mol. The van der Waals surface area contributed by atoms with E-state index < -0.39 is 0 Å². The van der Waals surface area contributed by atoms with Gasteiger partial charge in [0.1, 0.15) is 0 Å². The first-order valence-electron chi connectivity index (χ1n) is 10.5. The van der Waals surface area contributed by atoms with Gasteiger partial charge in [-0.15, -0.1) is 0 Å². The highest BCUT2D eigenvalue weighted by Gasteiger charge is 2.19. The van der Waals surface area contributed by atoms with E-state index in [2.05, 4.69) is 50.3 Å². The van der Waals surface area contributed by atoms with E-state index in [4.69, 9.17) is 0 Å². The van der Waals surface area contributed by atoms with Crippen LogP contribution in [0.5, 0.6) is 0 Å². The zero-order chi connectivity index (χ0) is 17.0. The third kappa shape index (κ3) is 7.24. The van der Waals surface area contributed by atoms with Gasteiger partial charge in [-0.05, 0) is 61.5 Å². The van der Waals surface area contributed by atoms with E-state index in [1.165, 1.54) is 81.8 Å². The Bertz CT molecular complexity index is 445. The summed E-state index contributed by atoms with van der Waals surface area (Å²) in [6.45, 7) is 4.60. The van der Waals surface area contributed by atoms with Gasteiger partial charge in [-0.25, -0.2) is 0 Å². The quantitative estimate of drug-likeness (QED) is 0.308. The normalized spacial score (nSPS) is 21.4. The maximum atomic E-state index is 2.44. The van der Waals surface area contributed by atoms with Crippen LogP contribution >= 0.6 is 0 Å². The number of unbranched alkanes of at least 4 members (excludes halogenated alkanes) is 2. The first-order chi connectivity index (χ1) is 11.8. The second-order valence-corrected chi connectivity index (χ2v) is 7.86. The van der Waals surface area contributed by atoms with Crippen LogP contribution in [-0.2, 0) is 12.8 Å². The van der Waals surface area contributed by atoms with Gasteiger partial charge in [-0.1, -0.05) is 88.8 Å². The molecule has 1 aliphatic carbocycles. The monoisotopic (exact) mass is 326 g/mol. The Kier molecular flexibility index (Phi) is 9.24. The Morgan fingerprint density at radius 3 is 2.12 bits per heavy atom. The molecule has 0 radical (unpaired) electrons. The number of aryl methyl sites for hydroxylation is 1. The Balaban J connectivity index is 1.63. The van der Waals surface area contributed by atoms with E-state index in [-0.39, 0.29) is 0 Å². The van der Waals surface area contributed by atoms with Crippen LogP contribution in [0.2, 0.25) is 0 Å². The summed E-state index contributed by atoms with van der Waals surface area (Å²) < 4.78 is 0. The van der Waals surface area contributed by atoms with Gasteiger partial charge in [0.15, 0.2) is 0 Å². The van der Waals surface area contributed by atoms with Crippen LogP contribution in [0.1, 0.15) is 89.2 Å². The van der Waals surface area contributed by atoms with Crippen LogP contribution < -0.4 is 0 Å². The first kappa shape index (κ1) is 19.3. The third-order valence-electron chi connectivity index (χ3n) is 5.74. The highest BCUT2D eigenvalue weighted by Crippen LogP contribution is 2.33. The summed E-state index contributed by atoms with van der Waals surface area (Å²) in [4.78, 5) is 0. The maximum absolute atomic E-state index is 2.44. The summed E-state index contributed by atoms with van der Waals surface area (Å²) in [5, 5.41) is 0. The molecule has 0 spiro atoms. The molecule has 0 unspecified atom stereocenters. The highest BCUT2D eigenvalue weighted by atomic mass is 14.2. The molecule has 0 saturated heterocycles. The Morgan fingerprint density at radius 2 is 1.46 bits per heavy atom. The molecule has 0 N–H and O–H groups in total. The second-order valence-electron chi connectivity index (χ2n) is 7.86. The molecule has 0 heteroatoms. The lowest BCUT2D eigenvalue weighted by atomic mass is 9.79. The fourth-order valence-electron chi connectivity index (χ4n) is 4.09. The second kappa shape index (κ2) is 11.5. The molecule has 0 heterocycles. The van der Waals surface area contributed by atoms with Crippen molar-refractivity contribution in [2.24, 2.45) is 11.8 Å². The van der Waals surface area contributed by atoms with Gasteiger partial charge in [-0.2, -0.15) is 0 Å². The topological polar surface area (TPSA) is 0 Å². The zero-order valence-corrected chi connectivity index (χ0v) is 16.1. The average Bonchev–Trinajstić information content (AvgIpc) is 2.62. The number of hydrogen-bond donors (Lipinski definition) is 0. The lowest BCUT2D eigenvalue weighted by molar-refractivity contribution is 0.263. The fourth-order valence-corrected chi connectivity index (χ4v) is 4.09. The zero-order valence-electron chi connectivity index (χ0n) is 16.1. The van der Waals surface area contributed by atoms with Gasteiger partial charge in [0.2, 0.25) is 0 Å². The van der Waals surface area contributed by atoms with E-state index >= 15 is 0 Å². The standard InChI is InChI=1S/C24H38/c1-3-5-6-10-22-17-19-24(20-18-22)12-8-7-11-23-15-13-21(9-4-2)14-16-23/h7-8,17-21,23H,3-6,9-16H2,1-2H3/b8-7-. The summed E-state index contributed by atoms with van der Waals surface area (Å²) in [6, 6.07) is 9.30. The molecule has 1 fully saturated rings. The number of rotatable bonds is 10. The van der Waals surface area contributed by atoms with Crippen LogP contribution in [0.15, 0.2) is 36.4 Å². The van der Waals surface area contributed by atoms with E-state index in [9.17, 15) is 0 Å². The summed E-state index contributed by atoms with van der Waals surface area (Å²) in [5.74, 6) is 1.99. The van der Waals surface area contributed by atoms with Crippen LogP contribution in [0, 0.1) is 11.8 Å². The molecule has 0 aromatic heterocycles. The summed E-state index contributed by atoms with van der Waals surface area (Å²) in [6.07, 6.45) is 21.2. The third-order valence-corrected chi connectivity index (χ3v) is 5.74. The minimum absolute atomic E-state index is 0.954. The van der Waals surface area contributed by atoms with E-state index in [1.54, 1.807) is 0 Å². The first-order valence-corrected chi connectivity index (χ1v) is 10.5. The highest BCUT2D eigenvalue weighted by molar-refractivity contribution is 5.24. The van der Waals surface area contributed by atoms with Crippen LogP contribution in [0.3, 0.4) is 0 Å². The van der Waals surface area contributed by atoms with Gasteiger partial charge in [0.05, 0.1) is 0 Å². The Hall–Kier alpha value is -1.04. The Morgan fingerprint density at radius 1 is 0.792 bits per heavy atom. The van der Waals surface area contributed by atoms with E-state index in [0.29, 0.717) is 0 Å². The molecule has 0 atom stereocenters. The molecule has 24 heavy (non-hydrogen) atoms. The van der Waals surface area contributed by atoms with Crippen molar-refractivity contribution in [3.05, 3.63) is 47.5 Å². The minimum atomic E-state index is 0.954. The Labute approximate surface area is 150 Å². The molecule has 1 aliphatic rings. The van der Waals surface area contributed by atoms with Crippen LogP contribution in [0.4, 0.5) is 0 Å². The van der Waals surface area contributed by atoms with Gasteiger partial charge in [0.25, 0.3) is 0 Å². The summed E-state index contributed by atoms with van der Waals surface area (Å²) in [5.41, 5.74) is 2.96. The SMILES string of the molecule is CCCCCc1ccc(C/C=C\CC2CCC(CCC)CC2)cc1. The maximum Gasteiger partial charge on any atom is -0.00975 e. The lowest BCUT2D eigenvalue weighted by Crippen LogP contribution is -2.13. The molecule has 0 bridgehead atoms. The molecule has 0 aliphatic heterocycles. The van der Waals surface area contributed by atoms with Gasteiger partial charge in [0, 0.05) is 0 Å². The molecule has 1 aromatic carbocycles. The number of hydrogen-bond acceptors (Lipinski definition) is 0. The summed E-state index contributed by atoms with van der Waals surface area (Å²) in [7, 11) is 0.